The maximum Gasteiger partial charge on any atom is 0.233 e. The van der Waals surface area contributed by atoms with Gasteiger partial charge in [0.1, 0.15) is 5.82 Å². The second kappa shape index (κ2) is 6.36. The van der Waals surface area contributed by atoms with Gasteiger partial charge in [0.15, 0.2) is 0 Å². The fraction of sp³-hybridized carbons (Fsp3) is 0.538. The van der Waals surface area contributed by atoms with Crippen LogP contribution in [0.3, 0.4) is 0 Å². The van der Waals surface area contributed by atoms with E-state index in [1.165, 1.54) is 0 Å². The van der Waals surface area contributed by atoms with E-state index in [1.54, 1.807) is 18.0 Å². The van der Waals surface area contributed by atoms with E-state index < -0.39 is 5.41 Å². The van der Waals surface area contributed by atoms with Gasteiger partial charge in [-0.25, -0.2) is 4.98 Å². The van der Waals surface area contributed by atoms with E-state index in [4.69, 9.17) is 10.5 Å². The number of amides is 1. The van der Waals surface area contributed by atoms with Gasteiger partial charge in [-0.1, -0.05) is 0 Å². The number of nitrogens with two attached hydrogens (primary N) is 1. The zero-order valence-electron chi connectivity index (χ0n) is 11.0. The highest BCUT2D eigenvalue weighted by Crippen LogP contribution is 2.30. The van der Waals surface area contributed by atoms with Crippen LogP contribution < -0.4 is 11.1 Å². The summed E-state index contributed by atoms with van der Waals surface area (Å²) in [4.78, 5) is 17.7. The number of pyridine rings is 1. The van der Waals surface area contributed by atoms with Crippen LogP contribution in [0.5, 0.6) is 0 Å². The molecule has 2 heterocycles. The lowest BCUT2D eigenvalue weighted by molar-refractivity contribution is -0.130. The Balaban J connectivity index is 2.05. The summed E-state index contributed by atoms with van der Waals surface area (Å²) in [5, 5.41) is 2.86. The lowest BCUT2D eigenvalue weighted by Gasteiger charge is -2.34. The largest absolute Gasteiger partial charge is 0.381 e. The lowest BCUT2D eigenvalue weighted by Crippen LogP contribution is -2.46. The van der Waals surface area contributed by atoms with Gasteiger partial charge in [0.25, 0.3) is 0 Å². The SMILES string of the molecule is CSc1ccc(NC(=O)C2(CN)CCOCC2)nc1. The fourth-order valence-corrected chi connectivity index (χ4v) is 2.47. The summed E-state index contributed by atoms with van der Waals surface area (Å²) in [5.41, 5.74) is 5.28. The molecule has 104 valence electrons. The molecular weight excluding hydrogens is 262 g/mol. The summed E-state index contributed by atoms with van der Waals surface area (Å²) >= 11 is 1.62. The second-order valence-corrected chi connectivity index (χ2v) is 5.51. The van der Waals surface area contributed by atoms with Crippen molar-refractivity contribution in [1.82, 2.24) is 4.98 Å². The first-order chi connectivity index (χ1) is 9.20. The quantitative estimate of drug-likeness (QED) is 0.818. The Labute approximate surface area is 117 Å². The molecule has 1 aromatic rings. The van der Waals surface area contributed by atoms with Gasteiger partial charge in [-0.2, -0.15) is 0 Å². The molecule has 0 saturated carbocycles. The van der Waals surface area contributed by atoms with E-state index >= 15 is 0 Å². The molecule has 2 rings (SSSR count). The summed E-state index contributed by atoms with van der Waals surface area (Å²) < 4.78 is 5.30. The van der Waals surface area contributed by atoms with Crippen molar-refractivity contribution < 1.29 is 9.53 Å². The van der Waals surface area contributed by atoms with Crippen molar-refractivity contribution in [2.24, 2.45) is 11.1 Å². The first-order valence-electron chi connectivity index (χ1n) is 6.29. The van der Waals surface area contributed by atoms with Crippen LogP contribution >= 0.6 is 11.8 Å². The van der Waals surface area contributed by atoms with Crippen LogP contribution in [-0.2, 0) is 9.53 Å². The molecule has 1 aliphatic rings. The zero-order chi connectivity index (χ0) is 13.7. The van der Waals surface area contributed by atoms with Crippen molar-refractivity contribution in [2.75, 3.05) is 31.3 Å². The third kappa shape index (κ3) is 3.26. The molecule has 1 aliphatic heterocycles. The molecule has 0 spiro atoms. The number of carbonyl (C=O) groups excluding carboxylic acids is 1. The molecule has 5 nitrogen and oxygen atoms in total. The van der Waals surface area contributed by atoms with Crippen LogP contribution in [0, 0.1) is 5.41 Å². The van der Waals surface area contributed by atoms with Crippen molar-refractivity contribution in [3.05, 3.63) is 18.3 Å². The predicted octanol–water partition coefficient (Wildman–Crippen LogP) is 1.50. The predicted molar refractivity (Wildman–Crippen MR) is 76.2 cm³/mol. The summed E-state index contributed by atoms with van der Waals surface area (Å²) in [6, 6.07) is 3.75. The number of carbonyl (C=O) groups is 1. The Kier molecular flexibility index (Phi) is 4.79. The first kappa shape index (κ1) is 14.3. The number of rotatable bonds is 4. The van der Waals surface area contributed by atoms with Crippen molar-refractivity contribution in [1.29, 1.82) is 0 Å². The molecule has 1 saturated heterocycles. The van der Waals surface area contributed by atoms with Gasteiger partial charge in [0.2, 0.25) is 5.91 Å². The Morgan fingerprint density at radius 2 is 2.26 bits per heavy atom. The number of aromatic nitrogens is 1. The highest BCUT2D eigenvalue weighted by atomic mass is 32.2. The van der Waals surface area contributed by atoms with Gasteiger partial charge in [0, 0.05) is 30.9 Å². The molecule has 0 atom stereocenters. The molecule has 1 aromatic heterocycles. The van der Waals surface area contributed by atoms with Crippen molar-refractivity contribution in [3.8, 4) is 0 Å². The van der Waals surface area contributed by atoms with Gasteiger partial charge >= 0.3 is 0 Å². The lowest BCUT2D eigenvalue weighted by atomic mass is 9.79. The third-order valence-corrected chi connectivity index (χ3v) is 4.25. The Bertz CT molecular complexity index is 430. The summed E-state index contributed by atoms with van der Waals surface area (Å²) in [6.45, 7) is 1.51. The molecule has 1 fully saturated rings. The van der Waals surface area contributed by atoms with Gasteiger partial charge in [0.05, 0.1) is 5.41 Å². The molecule has 0 aliphatic carbocycles. The average Bonchev–Trinajstić information content (AvgIpc) is 2.48. The Hall–Kier alpha value is -1.11. The minimum absolute atomic E-state index is 0.0531. The van der Waals surface area contributed by atoms with E-state index in [9.17, 15) is 4.79 Å². The third-order valence-electron chi connectivity index (χ3n) is 3.54. The van der Waals surface area contributed by atoms with E-state index in [2.05, 4.69) is 10.3 Å². The minimum Gasteiger partial charge on any atom is -0.381 e. The molecule has 0 aromatic carbocycles. The zero-order valence-corrected chi connectivity index (χ0v) is 11.8. The maximum atomic E-state index is 12.4. The van der Waals surface area contributed by atoms with Crippen LogP contribution in [-0.4, -0.2) is 36.9 Å². The van der Waals surface area contributed by atoms with E-state index in [0.717, 1.165) is 4.90 Å². The molecule has 0 radical (unpaired) electrons. The van der Waals surface area contributed by atoms with Gasteiger partial charge in [-0.3, -0.25) is 4.79 Å². The van der Waals surface area contributed by atoms with Crippen LogP contribution in [0.4, 0.5) is 5.82 Å². The number of nitrogens with zero attached hydrogens (tertiary/aromatic N) is 1. The molecule has 1 amide bonds. The van der Waals surface area contributed by atoms with Gasteiger partial charge in [-0.15, -0.1) is 11.8 Å². The molecule has 6 heteroatoms. The van der Waals surface area contributed by atoms with Gasteiger partial charge in [-0.05, 0) is 31.2 Å². The Morgan fingerprint density at radius 1 is 1.53 bits per heavy atom. The van der Waals surface area contributed by atoms with Crippen LogP contribution in [0.25, 0.3) is 0 Å². The number of hydrogen-bond donors (Lipinski definition) is 2. The van der Waals surface area contributed by atoms with Crippen molar-refractivity contribution in [3.63, 3.8) is 0 Å². The van der Waals surface area contributed by atoms with Gasteiger partial charge < -0.3 is 15.8 Å². The van der Waals surface area contributed by atoms with Crippen LogP contribution in [0.15, 0.2) is 23.2 Å². The molecule has 3 N–H and O–H groups in total. The van der Waals surface area contributed by atoms with E-state index in [-0.39, 0.29) is 5.91 Å². The highest BCUT2D eigenvalue weighted by Gasteiger charge is 2.38. The number of ether oxygens (including phenoxy) is 1. The minimum atomic E-state index is -0.516. The maximum absolute atomic E-state index is 12.4. The van der Waals surface area contributed by atoms with Crippen molar-refractivity contribution >= 4 is 23.5 Å². The van der Waals surface area contributed by atoms with Crippen LogP contribution in [0.2, 0.25) is 0 Å². The summed E-state index contributed by atoms with van der Waals surface area (Å²) in [6.07, 6.45) is 5.07. The second-order valence-electron chi connectivity index (χ2n) is 4.63. The monoisotopic (exact) mass is 281 g/mol. The number of thioether (sulfide) groups is 1. The molecule has 0 unspecified atom stereocenters. The molecule has 19 heavy (non-hydrogen) atoms. The fourth-order valence-electron chi connectivity index (χ4n) is 2.11. The average molecular weight is 281 g/mol. The Morgan fingerprint density at radius 3 is 2.79 bits per heavy atom. The molecular formula is C13H19N3O2S. The van der Waals surface area contributed by atoms with Crippen LogP contribution in [0.1, 0.15) is 12.8 Å². The van der Waals surface area contributed by atoms with Crippen molar-refractivity contribution in [2.45, 2.75) is 17.7 Å². The number of nitrogens with one attached hydrogen (secondary N) is 1. The molecule has 0 bridgehead atoms. The summed E-state index contributed by atoms with van der Waals surface area (Å²) in [7, 11) is 0. The topological polar surface area (TPSA) is 77.2 Å². The highest BCUT2D eigenvalue weighted by molar-refractivity contribution is 7.98. The summed E-state index contributed by atoms with van der Waals surface area (Å²) in [5.74, 6) is 0.518. The normalized spacial score (nSPS) is 18.0. The number of hydrogen-bond acceptors (Lipinski definition) is 5. The standard InChI is InChI=1S/C13H19N3O2S/c1-19-10-2-3-11(15-8-10)16-12(17)13(9-14)4-6-18-7-5-13/h2-3,8H,4-7,9,14H2,1H3,(H,15,16,17). The smallest absolute Gasteiger partial charge is 0.233 e. The number of anilines is 1. The first-order valence-corrected chi connectivity index (χ1v) is 7.52. The van der Waals surface area contributed by atoms with E-state index in [1.807, 2.05) is 18.4 Å². The van der Waals surface area contributed by atoms with E-state index in [0.29, 0.717) is 38.4 Å².